The van der Waals surface area contributed by atoms with Crippen molar-refractivity contribution in [2.75, 3.05) is 0 Å². The van der Waals surface area contributed by atoms with Crippen molar-refractivity contribution in [1.82, 2.24) is 15.1 Å². The number of thioether (sulfide) groups is 1. The maximum Gasteiger partial charge on any atom is 0.339 e. The normalized spacial score (nSPS) is 10.9. The monoisotopic (exact) mass is 421 g/mol. The molecule has 0 atom stereocenters. The molecule has 30 heavy (non-hydrogen) atoms. The molecule has 4 rings (SSSR count). The van der Waals surface area contributed by atoms with Crippen molar-refractivity contribution < 1.29 is 18.5 Å². The predicted molar refractivity (Wildman–Crippen MR) is 111 cm³/mol. The van der Waals surface area contributed by atoms with Crippen LogP contribution in [0.5, 0.6) is 0 Å². The molecule has 0 saturated heterocycles. The number of nitrogens with zero attached hydrogens (tertiary/aromatic N) is 3. The summed E-state index contributed by atoms with van der Waals surface area (Å²) in [6, 6.07) is 15.1. The number of aryl methyl sites for hydroxylation is 2. The molecule has 2 aromatic heterocycles. The van der Waals surface area contributed by atoms with E-state index in [4.69, 9.17) is 13.7 Å². The van der Waals surface area contributed by atoms with Gasteiger partial charge in [0.25, 0.3) is 0 Å². The first-order valence-electron chi connectivity index (χ1n) is 9.28. The summed E-state index contributed by atoms with van der Waals surface area (Å²) in [5.74, 6) is 1.61. The molecule has 0 fully saturated rings. The molecule has 0 aliphatic rings. The third-order valence-corrected chi connectivity index (χ3v) is 5.29. The lowest BCUT2D eigenvalue weighted by molar-refractivity contribution is 0.0463. The van der Waals surface area contributed by atoms with Gasteiger partial charge in [-0.15, -0.1) is 11.8 Å². The molecular formula is C22H19N3O4S. The summed E-state index contributed by atoms with van der Waals surface area (Å²) in [6.45, 7) is 3.80. The third-order valence-electron chi connectivity index (χ3n) is 4.23. The van der Waals surface area contributed by atoms with Gasteiger partial charge >= 0.3 is 5.97 Å². The summed E-state index contributed by atoms with van der Waals surface area (Å²) >= 11 is 1.43. The van der Waals surface area contributed by atoms with Gasteiger partial charge in [0.15, 0.2) is 5.82 Å². The molecule has 2 aromatic carbocycles. The van der Waals surface area contributed by atoms with Gasteiger partial charge in [-0.25, -0.2) is 9.78 Å². The van der Waals surface area contributed by atoms with E-state index >= 15 is 0 Å². The Labute approximate surface area is 177 Å². The van der Waals surface area contributed by atoms with Crippen LogP contribution < -0.4 is 0 Å². The van der Waals surface area contributed by atoms with Gasteiger partial charge in [-0.3, -0.25) is 0 Å². The largest absolute Gasteiger partial charge is 0.455 e. The van der Waals surface area contributed by atoms with Gasteiger partial charge in [0.1, 0.15) is 18.6 Å². The van der Waals surface area contributed by atoms with Crippen LogP contribution in [0.1, 0.15) is 33.3 Å². The van der Waals surface area contributed by atoms with Crippen LogP contribution in [0.2, 0.25) is 0 Å². The molecule has 0 bridgehead atoms. The Kier molecular flexibility index (Phi) is 5.94. The number of oxazole rings is 1. The van der Waals surface area contributed by atoms with Gasteiger partial charge in [0.05, 0.1) is 11.3 Å². The smallest absolute Gasteiger partial charge is 0.339 e. The Morgan fingerprint density at radius 2 is 1.87 bits per heavy atom. The lowest BCUT2D eigenvalue weighted by Crippen LogP contribution is -2.07. The van der Waals surface area contributed by atoms with Crippen LogP contribution >= 0.6 is 11.8 Å². The number of carbonyl (C=O) groups excluding carboxylic acids is 1. The van der Waals surface area contributed by atoms with E-state index in [0.717, 1.165) is 16.0 Å². The van der Waals surface area contributed by atoms with Gasteiger partial charge in [-0.05, 0) is 38.1 Å². The molecule has 2 heterocycles. The molecule has 152 valence electrons. The summed E-state index contributed by atoms with van der Waals surface area (Å²) in [5, 5.41) is 3.77. The fourth-order valence-electron chi connectivity index (χ4n) is 2.72. The molecule has 0 amide bonds. The highest BCUT2D eigenvalue weighted by Crippen LogP contribution is 2.27. The zero-order valence-electron chi connectivity index (χ0n) is 16.5. The quantitative estimate of drug-likeness (QED) is 0.304. The van der Waals surface area contributed by atoms with E-state index in [1.165, 1.54) is 18.0 Å². The van der Waals surface area contributed by atoms with Crippen molar-refractivity contribution in [2.45, 2.75) is 31.1 Å². The summed E-state index contributed by atoms with van der Waals surface area (Å²) in [5.41, 5.74) is 3.05. The molecule has 0 unspecified atom stereocenters. The van der Waals surface area contributed by atoms with E-state index in [1.807, 2.05) is 43.3 Å². The summed E-state index contributed by atoms with van der Waals surface area (Å²) in [7, 11) is 0. The fraction of sp³-hybridized carbons (Fsp3) is 0.182. The van der Waals surface area contributed by atoms with Crippen LogP contribution in [0, 0.1) is 13.8 Å². The topological polar surface area (TPSA) is 91.2 Å². The molecule has 0 N–H and O–H groups in total. The highest BCUT2D eigenvalue weighted by molar-refractivity contribution is 7.98. The highest BCUT2D eigenvalue weighted by Gasteiger charge is 2.15. The number of hydrogen-bond donors (Lipinski definition) is 0. The van der Waals surface area contributed by atoms with Crippen molar-refractivity contribution in [1.29, 1.82) is 0 Å². The molecule has 8 heteroatoms. The Balaban J connectivity index is 1.39. The first-order valence-corrected chi connectivity index (χ1v) is 10.3. The van der Waals surface area contributed by atoms with Gasteiger partial charge in [-0.2, -0.15) is 4.98 Å². The highest BCUT2D eigenvalue weighted by atomic mass is 32.2. The molecule has 0 aliphatic carbocycles. The minimum absolute atomic E-state index is 0.0239. The standard InChI is InChI=1S/C22H19N3O4S/c1-14-7-9-16(10-8-14)21-24-17(11-27-21)12-28-22(26)18-5-3-4-6-19(18)30-13-20-23-15(2)25-29-20/h3-11H,12-13H2,1-2H3. The molecule has 0 spiro atoms. The average molecular weight is 421 g/mol. The molecule has 0 aliphatic heterocycles. The maximum atomic E-state index is 12.6. The first kappa shape index (κ1) is 19.9. The predicted octanol–water partition coefficient (Wildman–Crippen LogP) is 4.99. The minimum atomic E-state index is -0.431. The van der Waals surface area contributed by atoms with Crippen LogP contribution in [0.3, 0.4) is 0 Å². The van der Waals surface area contributed by atoms with Crippen LogP contribution in [-0.2, 0) is 17.1 Å². The van der Waals surface area contributed by atoms with E-state index in [9.17, 15) is 4.79 Å². The number of esters is 1. The second-order valence-corrected chi connectivity index (χ2v) is 7.62. The Morgan fingerprint density at radius 3 is 2.63 bits per heavy atom. The molecule has 0 saturated carbocycles. The second-order valence-electron chi connectivity index (χ2n) is 6.61. The molecule has 0 radical (unpaired) electrons. The molecule has 7 nitrogen and oxygen atoms in total. The third kappa shape index (κ3) is 4.77. The van der Waals surface area contributed by atoms with Crippen molar-refractivity contribution in [2.24, 2.45) is 0 Å². The Morgan fingerprint density at radius 1 is 1.07 bits per heavy atom. The maximum absolute atomic E-state index is 12.6. The van der Waals surface area contributed by atoms with E-state index in [2.05, 4.69) is 15.1 Å². The lowest BCUT2D eigenvalue weighted by atomic mass is 10.1. The van der Waals surface area contributed by atoms with Crippen LogP contribution in [0.25, 0.3) is 11.5 Å². The number of carbonyl (C=O) groups is 1. The second kappa shape index (κ2) is 8.96. The number of rotatable bonds is 7. The Bertz CT molecular complexity index is 1150. The van der Waals surface area contributed by atoms with Crippen molar-refractivity contribution in [3.8, 4) is 11.5 Å². The zero-order chi connectivity index (χ0) is 20.9. The first-order chi connectivity index (χ1) is 14.6. The molecular weight excluding hydrogens is 402 g/mol. The van der Waals surface area contributed by atoms with Crippen molar-refractivity contribution in [3.05, 3.63) is 83.3 Å². The number of hydrogen-bond acceptors (Lipinski definition) is 8. The van der Waals surface area contributed by atoms with Gasteiger partial charge in [0.2, 0.25) is 11.8 Å². The lowest BCUT2D eigenvalue weighted by Gasteiger charge is -2.07. The Hall–Kier alpha value is -3.39. The fourth-order valence-corrected chi connectivity index (χ4v) is 3.60. The van der Waals surface area contributed by atoms with Crippen molar-refractivity contribution in [3.63, 3.8) is 0 Å². The van der Waals surface area contributed by atoms with Crippen LogP contribution in [-0.4, -0.2) is 21.1 Å². The van der Waals surface area contributed by atoms with E-state index < -0.39 is 5.97 Å². The average Bonchev–Trinajstić information content (AvgIpc) is 3.40. The molecule has 4 aromatic rings. The van der Waals surface area contributed by atoms with Gasteiger partial charge < -0.3 is 13.7 Å². The van der Waals surface area contributed by atoms with E-state index in [-0.39, 0.29) is 6.61 Å². The van der Waals surface area contributed by atoms with Crippen molar-refractivity contribution >= 4 is 17.7 Å². The number of aromatic nitrogens is 3. The van der Waals surface area contributed by atoms with E-state index in [0.29, 0.717) is 34.6 Å². The van der Waals surface area contributed by atoms with Gasteiger partial charge in [-0.1, -0.05) is 35.0 Å². The summed E-state index contributed by atoms with van der Waals surface area (Å²) in [6.07, 6.45) is 1.50. The number of ether oxygens (including phenoxy) is 1. The zero-order valence-corrected chi connectivity index (χ0v) is 17.3. The minimum Gasteiger partial charge on any atom is -0.455 e. The summed E-state index contributed by atoms with van der Waals surface area (Å²) < 4.78 is 16.1. The SMILES string of the molecule is Cc1ccc(-c2nc(COC(=O)c3ccccc3SCc3nc(C)no3)co2)cc1. The van der Waals surface area contributed by atoms with Crippen LogP contribution in [0.15, 0.2) is 68.6 Å². The van der Waals surface area contributed by atoms with Gasteiger partial charge in [0, 0.05) is 10.5 Å². The van der Waals surface area contributed by atoms with Crippen LogP contribution in [0.4, 0.5) is 0 Å². The summed E-state index contributed by atoms with van der Waals surface area (Å²) in [4.78, 5) is 22.0. The number of benzene rings is 2. The van der Waals surface area contributed by atoms with E-state index in [1.54, 1.807) is 19.1 Å².